The second-order valence-corrected chi connectivity index (χ2v) is 5.01. The number of alkyl halides is 3. The van der Waals surface area contributed by atoms with E-state index in [2.05, 4.69) is 15.3 Å². The maximum atomic E-state index is 12.5. The van der Waals surface area contributed by atoms with E-state index < -0.39 is 17.6 Å². The first-order valence-corrected chi connectivity index (χ1v) is 7.19. The number of aromatic nitrogens is 2. The maximum Gasteiger partial charge on any atom is 0.416 e. The van der Waals surface area contributed by atoms with Crippen molar-refractivity contribution in [3.63, 3.8) is 0 Å². The zero-order valence-corrected chi connectivity index (χ0v) is 13.4. The summed E-state index contributed by atoms with van der Waals surface area (Å²) in [4.78, 5) is 20.5. The normalized spacial score (nSPS) is 11.2. The molecule has 2 rings (SSSR count). The zero-order valence-electron chi connectivity index (χ0n) is 13.4. The SMILES string of the molecule is CCOc1nc(C)c(NC(=O)c2ccc(C(F)(F)F)cc2)c(C)n1. The molecule has 5 nitrogen and oxygen atoms in total. The number of nitrogens with zero attached hydrogens (tertiary/aromatic N) is 2. The molecule has 0 bridgehead atoms. The lowest BCUT2D eigenvalue weighted by Gasteiger charge is -2.12. The van der Waals surface area contributed by atoms with Crippen molar-refractivity contribution in [1.82, 2.24) is 9.97 Å². The highest BCUT2D eigenvalue weighted by molar-refractivity contribution is 6.04. The summed E-state index contributed by atoms with van der Waals surface area (Å²) in [5.74, 6) is -0.539. The van der Waals surface area contributed by atoms with Crippen LogP contribution in [-0.2, 0) is 6.18 Å². The van der Waals surface area contributed by atoms with Crippen LogP contribution in [0.3, 0.4) is 0 Å². The molecule has 0 saturated heterocycles. The van der Waals surface area contributed by atoms with Gasteiger partial charge in [-0.1, -0.05) is 0 Å². The van der Waals surface area contributed by atoms with Crippen LogP contribution in [0.1, 0.15) is 34.2 Å². The highest BCUT2D eigenvalue weighted by Gasteiger charge is 2.30. The molecule has 2 aromatic rings. The Hall–Kier alpha value is -2.64. The number of hydrogen-bond donors (Lipinski definition) is 1. The van der Waals surface area contributed by atoms with Gasteiger partial charge in [0, 0.05) is 5.56 Å². The van der Waals surface area contributed by atoms with Crippen LogP contribution < -0.4 is 10.1 Å². The van der Waals surface area contributed by atoms with Crippen molar-refractivity contribution in [1.29, 1.82) is 0 Å². The second-order valence-electron chi connectivity index (χ2n) is 5.01. The van der Waals surface area contributed by atoms with Gasteiger partial charge in [-0.15, -0.1) is 0 Å². The smallest absolute Gasteiger partial charge is 0.416 e. The molecule has 0 fully saturated rings. The molecule has 1 N–H and O–H groups in total. The van der Waals surface area contributed by atoms with Gasteiger partial charge in [-0.05, 0) is 45.0 Å². The van der Waals surface area contributed by atoms with E-state index >= 15 is 0 Å². The molecule has 0 spiro atoms. The number of hydrogen-bond acceptors (Lipinski definition) is 4. The average molecular weight is 339 g/mol. The van der Waals surface area contributed by atoms with E-state index in [0.717, 1.165) is 24.3 Å². The molecule has 0 aliphatic carbocycles. The van der Waals surface area contributed by atoms with Crippen LogP contribution >= 0.6 is 0 Å². The van der Waals surface area contributed by atoms with Crippen molar-refractivity contribution in [3.05, 3.63) is 46.8 Å². The molecule has 1 aromatic carbocycles. The number of carbonyl (C=O) groups excluding carboxylic acids is 1. The first-order chi connectivity index (χ1) is 11.2. The quantitative estimate of drug-likeness (QED) is 0.921. The third-order valence-corrected chi connectivity index (χ3v) is 3.24. The van der Waals surface area contributed by atoms with Crippen LogP contribution in [0.4, 0.5) is 18.9 Å². The molecule has 0 aliphatic heterocycles. The predicted octanol–water partition coefficient (Wildman–Crippen LogP) is 3.76. The van der Waals surface area contributed by atoms with E-state index in [4.69, 9.17) is 4.74 Å². The Morgan fingerprint density at radius 1 is 1.12 bits per heavy atom. The van der Waals surface area contributed by atoms with Crippen molar-refractivity contribution >= 4 is 11.6 Å². The highest BCUT2D eigenvalue weighted by Crippen LogP contribution is 2.29. The van der Waals surface area contributed by atoms with Gasteiger partial charge in [0.1, 0.15) is 0 Å². The van der Waals surface area contributed by atoms with Crippen LogP contribution in [0.2, 0.25) is 0 Å². The molecule has 0 aliphatic rings. The van der Waals surface area contributed by atoms with Gasteiger partial charge in [0.15, 0.2) is 0 Å². The third-order valence-electron chi connectivity index (χ3n) is 3.24. The molecule has 0 unspecified atom stereocenters. The van der Waals surface area contributed by atoms with Gasteiger partial charge in [0.2, 0.25) is 0 Å². The van der Waals surface area contributed by atoms with Crippen molar-refractivity contribution in [2.24, 2.45) is 0 Å². The molecular formula is C16H16F3N3O2. The third kappa shape index (κ3) is 4.01. The van der Waals surface area contributed by atoms with E-state index in [1.54, 1.807) is 20.8 Å². The van der Waals surface area contributed by atoms with Crippen LogP contribution in [0, 0.1) is 13.8 Å². The van der Waals surface area contributed by atoms with E-state index in [1.807, 2.05) is 0 Å². The minimum absolute atomic E-state index is 0.107. The number of benzene rings is 1. The fourth-order valence-corrected chi connectivity index (χ4v) is 2.06. The maximum absolute atomic E-state index is 12.5. The number of nitrogens with one attached hydrogen (secondary N) is 1. The molecule has 8 heteroatoms. The van der Waals surface area contributed by atoms with Gasteiger partial charge in [-0.25, -0.2) is 0 Å². The van der Waals surface area contributed by atoms with Crippen LogP contribution in [0.15, 0.2) is 24.3 Å². The number of rotatable bonds is 4. The Balaban J connectivity index is 2.21. The molecule has 1 aromatic heterocycles. The Labute approximate surface area is 136 Å². The zero-order chi connectivity index (χ0) is 17.9. The summed E-state index contributed by atoms with van der Waals surface area (Å²) >= 11 is 0. The van der Waals surface area contributed by atoms with Gasteiger partial charge >= 0.3 is 12.2 Å². The van der Waals surface area contributed by atoms with E-state index in [9.17, 15) is 18.0 Å². The number of amides is 1. The number of aryl methyl sites for hydroxylation is 2. The lowest BCUT2D eigenvalue weighted by molar-refractivity contribution is -0.137. The van der Waals surface area contributed by atoms with Gasteiger partial charge < -0.3 is 10.1 Å². The Bertz CT molecular complexity index is 720. The summed E-state index contributed by atoms with van der Waals surface area (Å²) in [6.07, 6.45) is -4.44. The van der Waals surface area contributed by atoms with Crippen molar-refractivity contribution in [3.8, 4) is 6.01 Å². The lowest BCUT2D eigenvalue weighted by atomic mass is 10.1. The standard InChI is InChI=1S/C16H16F3N3O2/c1-4-24-15-20-9(2)13(10(3)21-15)22-14(23)11-5-7-12(8-6-11)16(17,18)19/h5-8H,4H2,1-3H3,(H,22,23). The van der Waals surface area contributed by atoms with Gasteiger partial charge in [-0.2, -0.15) is 23.1 Å². The van der Waals surface area contributed by atoms with E-state index in [1.165, 1.54) is 0 Å². The Morgan fingerprint density at radius 2 is 1.67 bits per heavy atom. The first-order valence-electron chi connectivity index (χ1n) is 7.19. The average Bonchev–Trinajstić information content (AvgIpc) is 2.50. The molecule has 0 atom stereocenters. The van der Waals surface area contributed by atoms with Crippen LogP contribution in [-0.4, -0.2) is 22.5 Å². The highest BCUT2D eigenvalue weighted by atomic mass is 19.4. The molecule has 1 amide bonds. The number of anilines is 1. The van der Waals surface area contributed by atoms with Crippen LogP contribution in [0.5, 0.6) is 6.01 Å². The van der Waals surface area contributed by atoms with Gasteiger partial charge in [-0.3, -0.25) is 4.79 Å². The summed E-state index contributed by atoms with van der Waals surface area (Å²) in [6, 6.07) is 4.18. The largest absolute Gasteiger partial charge is 0.464 e. The Kier molecular flexibility index (Phi) is 5.06. The van der Waals surface area contributed by atoms with Crippen molar-refractivity contribution < 1.29 is 22.7 Å². The predicted molar refractivity (Wildman–Crippen MR) is 82.1 cm³/mol. The number of halogens is 3. The molecular weight excluding hydrogens is 323 g/mol. The summed E-state index contributed by atoms with van der Waals surface area (Å²) in [5, 5.41) is 2.62. The molecule has 0 saturated carbocycles. The Morgan fingerprint density at radius 3 is 2.12 bits per heavy atom. The van der Waals surface area contributed by atoms with E-state index in [0.29, 0.717) is 23.7 Å². The van der Waals surface area contributed by atoms with Gasteiger partial charge in [0.05, 0.1) is 29.2 Å². The fourth-order valence-electron chi connectivity index (χ4n) is 2.06. The van der Waals surface area contributed by atoms with E-state index in [-0.39, 0.29) is 11.6 Å². The number of ether oxygens (including phenoxy) is 1. The lowest BCUT2D eigenvalue weighted by Crippen LogP contribution is -2.16. The summed E-state index contributed by atoms with van der Waals surface area (Å²) in [7, 11) is 0. The second kappa shape index (κ2) is 6.86. The van der Waals surface area contributed by atoms with Gasteiger partial charge in [0.25, 0.3) is 5.91 Å². The summed E-state index contributed by atoms with van der Waals surface area (Å²) in [6.45, 7) is 5.57. The molecule has 24 heavy (non-hydrogen) atoms. The summed E-state index contributed by atoms with van der Waals surface area (Å²) in [5.41, 5.74) is 0.715. The topological polar surface area (TPSA) is 64.1 Å². The summed E-state index contributed by atoms with van der Waals surface area (Å²) < 4.78 is 42.9. The molecule has 128 valence electrons. The molecule has 0 radical (unpaired) electrons. The number of carbonyl (C=O) groups is 1. The first kappa shape index (κ1) is 17.7. The molecule has 1 heterocycles. The minimum atomic E-state index is -4.44. The monoisotopic (exact) mass is 339 g/mol. The van der Waals surface area contributed by atoms with Crippen LogP contribution in [0.25, 0.3) is 0 Å². The van der Waals surface area contributed by atoms with Crippen molar-refractivity contribution in [2.45, 2.75) is 26.9 Å². The fraction of sp³-hybridized carbons (Fsp3) is 0.312. The minimum Gasteiger partial charge on any atom is -0.464 e. The van der Waals surface area contributed by atoms with Crippen molar-refractivity contribution in [2.75, 3.05) is 11.9 Å².